The lowest BCUT2D eigenvalue weighted by Crippen LogP contribution is -2.28. The zero-order valence-electron chi connectivity index (χ0n) is 21.4. The van der Waals surface area contributed by atoms with Crippen LogP contribution in [0.25, 0.3) is 16.5 Å². The van der Waals surface area contributed by atoms with Crippen LogP contribution in [0, 0.1) is 17.8 Å². The molecule has 0 atom stereocenters. The number of azo groups is 1. The maximum absolute atomic E-state index is 13.5. The highest BCUT2D eigenvalue weighted by molar-refractivity contribution is 7.19. The Hall–Kier alpha value is -2.82. The first kappa shape index (κ1) is 25.3. The number of halogens is 1. The van der Waals surface area contributed by atoms with Gasteiger partial charge in [-0.15, -0.1) is 16.5 Å². The molecule has 1 aromatic heterocycles. The van der Waals surface area contributed by atoms with Crippen molar-refractivity contribution in [2.75, 3.05) is 0 Å². The summed E-state index contributed by atoms with van der Waals surface area (Å²) in [6.07, 6.45) is 3.98. The van der Waals surface area contributed by atoms with Crippen molar-refractivity contribution in [3.8, 4) is 0 Å². The summed E-state index contributed by atoms with van der Waals surface area (Å²) in [4.78, 5) is 14.5. The molecule has 0 saturated heterocycles. The molecule has 0 aliphatic heterocycles. The van der Waals surface area contributed by atoms with Gasteiger partial charge in [-0.3, -0.25) is 4.79 Å². The Bertz CT molecular complexity index is 1390. The van der Waals surface area contributed by atoms with Gasteiger partial charge in [0.25, 0.3) is 0 Å². The topological polar surface area (TPSA) is 41.8 Å². The highest BCUT2D eigenvalue weighted by Crippen LogP contribution is 2.45. The number of benzene rings is 2. The van der Waals surface area contributed by atoms with Gasteiger partial charge in [0.1, 0.15) is 10.0 Å². The van der Waals surface area contributed by atoms with Crippen molar-refractivity contribution in [3.05, 3.63) is 92.2 Å². The number of allylic oxidation sites excluding steroid dienone is 5. The van der Waals surface area contributed by atoms with Crippen molar-refractivity contribution >= 4 is 50.9 Å². The molecule has 4 rings (SSSR count). The standard InChI is InChI=1S/C30H31ClN2OS/c1-18-12-14-20(15-13-18)32-33-25(27-21-10-8-9-11-22(21)28(31)35-27)19-16-23(29(2,3)4)26(34)24(17-19)30(5,6)7/h8-17H,1-7H3. The van der Waals surface area contributed by atoms with Gasteiger partial charge in [0.15, 0.2) is 5.78 Å². The first-order valence-electron chi connectivity index (χ1n) is 11.8. The summed E-state index contributed by atoms with van der Waals surface area (Å²) in [6.45, 7) is 14.5. The van der Waals surface area contributed by atoms with Crippen LogP contribution in [0.2, 0.25) is 4.34 Å². The Morgan fingerprint density at radius 3 is 1.91 bits per heavy atom. The minimum atomic E-state index is -0.318. The molecule has 0 amide bonds. The van der Waals surface area contributed by atoms with Gasteiger partial charge in [0.05, 0.1) is 10.6 Å². The fraction of sp³-hybridized carbons (Fsp3) is 0.300. The largest absolute Gasteiger partial charge is 0.289 e. The zero-order valence-corrected chi connectivity index (χ0v) is 22.9. The number of fused-ring (bicyclic) bond motifs is 1. The molecule has 35 heavy (non-hydrogen) atoms. The SMILES string of the molecule is Cc1ccc(N=NC(=C2C=C(C(C)(C)C)C(=O)C(C(C)(C)C)=C2)c2sc(Cl)c3ccccc23)cc1. The fourth-order valence-corrected chi connectivity index (χ4v) is 5.47. The molecule has 0 saturated carbocycles. The van der Waals surface area contributed by atoms with Gasteiger partial charge < -0.3 is 0 Å². The molecular formula is C30H31ClN2OS. The molecule has 5 heteroatoms. The third-order valence-corrected chi connectivity index (χ3v) is 7.52. The summed E-state index contributed by atoms with van der Waals surface area (Å²) in [6, 6.07) is 16.0. The number of rotatable bonds is 3. The minimum Gasteiger partial charge on any atom is -0.289 e. The highest BCUT2D eigenvalue weighted by atomic mass is 35.5. The maximum Gasteiger partial charge on any atom is 0.186 e. The van der Waals surface area contributed by atoms with E-state index >= 15 is 0 Å². The van der Waals surface area contributed by atoms with Crippen LogP contribution in [0.3, 0.4) is 0 Å². The molecule has 0 radical (unpaired) electrons. The quantitative estimate of drug-likeness (QED) is 0.328. The van der Waals surface area contributed by atoms with E-state index in [1.54, 1.807) is 0 Å². The van der Waals surface area contributed by atoms with Gasteiger partial charge in [0.2, 0.25) is 0 Å². The lowest BCUT2D eigenvalue weighted by Gasteiger charge is -2.31. The van der Waals surface area contributed by atoms with E-state index in [4.69, 9.17) is 16.7 Å². The minimum absolute atomic E-state index is 0.0950. The Balaban J connectivity index is 2.04. The molecular weight excluding hydrogens is 472 g/mol. The van der Waals surface area contributed by atoms with Gasteiger partial charge in [-0.05, 0) is 42.0 Å². The lowest BCUT2D eigenvalue weighted by atomic mass is 9.71. The van der Waals surface area contributed by atoms with E-state index in [9.17, 15) is 4.79 Å². The lowest BCUT2D eigenvalue weighted by molar-refractivity contribution is -0.114. The molecule has 0 spiro atoms. The number of carbonyl (C=O) groups is 1. The molecule has 0 bridgehead atoms. The van der Waals surface area contributed by atoms with Crippen molar-refractivity contribution in [2.45, 2.75) is 48.5 Å². The average molecular weight is 503 g/mol. The maximum atomic E-state index is 13.5. The normalized spacial score (nSPS) is 15.1. The number of carbonyl (C=O) groups excluding carboxylic acids is 1. The number of nitrogens with zero attached hydrogens (tertiary/aromatic N) is 2. The highest BCUT2D eigenvalue weighted by Gasteiger charge is 2.35. The molecule has 0 fully saturated rings. The van der Waals surface area contributed by atoms with Crippen LogP contribution in [0.5, 0.6) is 0 Å². The molecule has 0 N–H and O–H groups in total. The number of ketones is 1. The molecule has 1 aliphatic rings. The second kappa shape index (κ2) is 9.33. The molecule has 180 valence electrons. The third kappa shape index (κ3) is 5.24. The summed E-state index contributed by atoms with van der Waals surface area (Å²) in [7, 11) is 0. The first-order valence-corrected chi connectivity index (χ1v) is 12.9. The average Bonchev–Trinajstić information content (AvgIpc) is 3.11. The molecule has 0 unspecified atom stereocenters. The Labute approximate surface area is 216 Å². The zero-order chi connectivity index (χ0) is 25.5. The van der Waals surface area contributed by atoms with Crippen molar-refractivity contribution < 1.29 is 4.79 Å². The van der Waals surface area contributed by atoms with E-state index in [1.807, 2.05) is 61.5 Å². The van der Waals surface area contributed by atoms with E-state index in [1.165, 1.54) is 16.9 Å². The van der Waals surface area contributed by atoms with Crippen molar-refractivity contribution in [2.24, 2.45) is 21.1 Å². The summed E-state index contributed by atoms with van der Waals surface area (Å²) >= 11 is 8.16. The Kier molecular flexibility index (Phi) is 6.74. The van der Waals surface area contributed by atoms with E-state index in [2.05, 4.69) is 52.7 Å². The van der Waals surface area contributed by atoms with E-state index in [0.29, 0.717) is 4.34 Å². The third-order valence-electron chi connectivity index (χ3n) is 6.07. The van der Waals surface area contributed by atoms with Crippen LogP contribution in [-0.2, 0) is 4.79 Å². The Morgan fingerprint density at radius 1 is 0.829 bits per heavy atom. The van der Waals surface area contributed by atoms with E-state index in [-0.39, 0.29) is 16.6 Å². The monoisotopic (exact) mass is 502 g/mol. The number of hydrogen-bond acceptors (Lipinski definition) is 4. The van der Waals surface area contributed by atoms with Crippen molar-refractivity contribution in [1.82, 2.24) is 0 Å². The number of aryl methyl sites for hydroxylation is 1. The van der Waals surface area contributed by atoms with Gasteiger partial charge in [-0.25, -0.2) is 0 Å². The van der Waals surface area contributed by atoms with Crippen LogP contribution in [0.1, 0.15) is 52.0 Å². The smallest absolute Gasteiger partial charge is 0.186 e. The van der Waals surface area contributed by atoms with Crippen LogP contribution < -0.4 is 0 Å². The van der Waals surface area contributed by atoms with Gasteiger partial charge in [-0.1, -0.05) is 95.1 Å². The fourth-order valence-electron chi connectivity index (χ4n) is 4.06. The summed E-state index contributed by atoms with van der Waals surface area (Å²) < 4.78 is 0.714. The van der Waals surface area contributed by atoms with Crippen LogP contribution in [0.4, 0.5) is 5.69 Å². The van der Waals surface area contributed by atoms with Crippen LogP contribution in [0.15, 0.2) is 87.6 Å². The van der Waals surface area contributed by atoms with Crippen molar-refractivity contribution in [1.29, 1.82) is 0 Å². The molecule has 3 aromatic rings. The van der Waals surface area contributed by atoms with Gasteiger partial charge in [0, 0.05) is 27.5 Å². The second-order valence-corrected chi connectivity index (χ2v) is 12.7. The van der Waals surface area contributed by atoms with E-state index in [0.717, 1.165) is 43.8 Å². The summed E-state index contributed by atoms with van der Waals surface area (Å²) in [5, 5.41) is 11.4. The molecule has 1 aliphatic carbocycles. The molecule has 3 nitrogen and oxygen atoms in total. The van der Waals surface area contributed by atoms with Gasteiger partial charge in [-0.2, -0.15) is 5.11 Å². The number of thiophene rings is 1. The Morgan fingerprint density at radius 2 is 1.37 bits per heavy atom. The first-order chi connectivity index (χ1) is 16.4. The summed E-state index contributed by atoms with van der Waals surface area (Å²) in [5.41, 5.74) is 4.44. The predicted octanol–water partition coefficient (Wildman–Crippen LogP) is 9.89. The van der Waals surface area contributed by atoms with E-state index < -0.39 is 0 Å². The van der Waals surface area contributed by atoms with Crippen LogP contribution in [-0.4, -0.2) is 5.78 Å². The van der Waals surface area contributed by atoms with Gasteiger partial charge >= 0.3 is 0 Å². The second-order valence-electron chi connectivity index (χ2n) is 11.0. The van der Waals surface area contributed by atoms with Crippen molar-refractivity contribution in [3.63, 3.8) is 0 Å². The summed E-state index contributed by atoms with van der Waals surface area (Å²) in [5.74, 6) is 0.0950. The molecule has 1 heterocycles. The predicted molar refractivity (Wildman–Crippen MR) is 150 cm³/mol. The van der Waals surface area contributed by atoms with Crippen LogP contribution >= 0.6 is 22.9 Å². The number of Topliss-reactive ketones (excluding diaryl/α,β-unsaturated/α-hetero) is 1. The number of hydrogen-bond donors (Lipinski definition) is 0. The molecule has 2 aromatic carbocycles.